The zero-order valence-electron chi connectivity index (χ0n) is 17.3. The SMILES string of the molecule is CC(C)CCCCCOCC(=O)OCCCCCC(C)C.c1cn[nH]c1. The van der Waals surface area contributed by atoms with E-state index >= 15 is 0 Å². The highest BCUT2D eigenvalue weighted by molar-refractivity contribution is 5.70. The molecule has 0 amide bonds. The Morgan fingerprint density at radius 1 is 0.923 bits per heavy atom. The fourth-order valence-corrected chi connectivity index (χ4v) is 2.36. The molecule has 0 saturated heterocycles. The van der Waals surface area contributed by atoms with Crippen molar-refractivity contribution in [2.45, 2.75) is 79.1 Å². The molecule has 1 N–H and O–H groups in total. The fraction of sp³-hybridized carbons (Fsp3) is 0.810. The summed E-state index contributed by atoms with van der Waals surface area (Å²) in [6.45, 7) is 10.3. The van der Waals surface area contributed by atoms with Gasteiger partial charge in [-0.05, 0) is 30.7 Å². The Morgan fingerprint density at radius 3 is 2.00 bits per heavy atom. The number of carbonyl (C=O) groups excluding carboxylic acids is 1. The van der Waals surface area contributed by atoms with E-state index in [1.807, 2.05) is 6.07 Å². The molecule has 1 aromatic heterocycles. The van der Waals surface area contributed by atoms with Gasteiger partial charge in [-0.15, -0.1) is 0 Å². The lowest BCUT2D eigenvalue weighted by Crippen LogP contribution is -2.14. The molecule has 0 aromatic carbocycles. The third kappa shape index (κ3) is 20.7. The first-order valence-electron chi connectivity index (χ1n) is 10.2. The Bertz CT molecular complexity index is 375. The summed E-state index contributed by atoms with van der Waals surface area (Å²) in [5.74, 6) is 1.32. The number of carbonyl (C=O) groups is 1. The average molecular weight is 369 g/mol. The predicted octanol–water partition coefficient (Wildman–Crippen LogP) is 5.39. The molecule has 0 unspecified atom stereocenters. The normalized spacial score (nSPS) is 10.7. The van der Waals surface area contributed by atoms with Crippen LogP contribution in [0.25, 0.3) is 0 Å². The Balaban J connectivity index is 0.00000106. The van der Waals surface area contributed by atoms with Crippen molar-refractivity contribution in [2.24, 2.45) is 11.8 Å². The van der Waals surface area contributed by atoms with E-state index in [2.05, 4.69) is 37.9 Å². The zero-order valence-corrected chi connectivity index (χ0v) is 17.3. The Labute approximate surface area is 160 Å². The third-order valence-corrected chi connectivity index (χ3v) is 3.88. The van der Waals surface area contributed by atoms with Crippen LogP contribution in [-0.4, -0.2) is 36.0 Å². The van der Waals surface area contributed by atoms with Crippen molar-refractivity contribution in [1.29, 1.82) is 0 Å². The van der Waals surface area contributed by atoms with Gasteiger partial charge in [0.1, 0.15) is 6.61 Å². The number of nitrogens with one attached hydrogen (secondary N) is 1. The fourth-order valence-electron chi connectivity index (χ4n) is 2.36. The van der Waals surface area contributed by atoms with E-state index in [9.17, 15) is 4.79 Å². The van der Waals surface area contributed by atoms with Crippen molar-refractivity contribution in [3.05, 3.63) is 18.5 Å². The van der Waals surface area contributed by atoms with E-state index in [1.54, 1.807) is 12.4 Å². The molecule has 0 saturated carbocycles. The molecular weight excluding hydrogens is 328 g/mol. The Kier molecular flexibility index (Phi) is 17.5. The predicted molar refractivity (Wildman–Crippen MR) is 107 cm³/mol. The monoisotopic (exact) mass is 368 g/mol. The summed E-state index contributed by atoms with van der Waals surface area (Å²) < 4.78 is 10.5. The first kappa shape index (κ1) is 24.6. The molecule has 0 aliphatic heterocycles. The van der Waals surface area contributed by atoms with Gasteiger partial charge in [-0.1, -0.05) is 66.2 Å². The molecule has 0 fully saturated rings. The molecule has 0 radical (unpaired) electrons. The molecular formula is C21H40N2O3. The lowest BCUT2D eigenvalue weighted by molar-refractivity contribution is -0.149. The molecule has 152 valence electrons. The zero-order chi connectivity index (χ0) is 19.5. The minimum atomic E-state index is -0.221. The van der Waals surface area contributed by atoms with Crippen LogP contribution in [-0.2, 0) is 14.3 Å². The van der Waals surface area contributed by atoms with Gasteiger partial charge >= 0.3 is 5.97 Å². The lowest BCUT2D eigenvalue weighted by atomic mass is 10.1. The molecule has 0 bridgehead atoms. The number of esters is 1. The number of hydrogen-bond donors (Lipinski definition) is 1. The van der Waals surface area contributed by atoms with E-state index in [0.717, 1.165) is 31.1 Å². The summed E-state index contributed by atoms with van der Waals surface area (Å²) in [7, 11) is 0. The standard InChI is InChI=1S/C18H36O3.C3H4N2/c1-16(2)11-7-5-9-13-20-15-18(19)21-14-10-6-8-12-17(3)4;1-2-4-5-3-1/h16-17H,5-15H2,1-4H3;1-3H,(H,4,5). The minimum Gasteiger partial charge on any atom is -0.464 e. The minimum absolute atomic E-state index is 0.107. The number of aromatic nitrogens is 2. The smallest absolute Gasteiger partial charge is 0.332 e. The maximum absolute atomic E-state index is 11.4. The molecule has 26 heavy (non-hydrogen) atoms. The van der Waals surface area contributed by atoms with Gasteiger partial charge in [0.05, 0.1) is 6.61 Å². The molecule has 0 spiro atoms. The second kappa shape index (κ2) is 18.4. The largest absolute Gasteiger partial charge is 0.464 e. The molecule has 0 aliphatic rings. The lowest BCUT2D eigenvalue weighted by Gasteiger charge is -2.07. The average Bonchev–Trinajstić information content (AvgIpc) is 3.16. The summed E-state index contributed by atoms with van der Waals surface area (Å²) in [5, 5.41) is 6.21. The summed E-state index contributed by atoms with van der Waals surface area (Å²) in [5.41, 5.74) is 0. The number of nitrogens with zero attached hydrogens (tertiary/aromatic N) is 1. The van der Waals surface area contributed by atoms with Crippen molar-refractivity contribution >= 4 is 5.97 Å². The quantitative estimate of drug-likeness (QED) is 0.353. The molecule has 1 heterocycles. The van der Waals surface area contributed by atoms with E-state index in [0.29, 0.717) is 13.2 Å². The maximum atomic E-state index is 11.4. The van der Waals surface area contributed by atoms with Crippen LogP contribution in [0, 0.1) is 11.8 Å². The van der Waals surface area contributed by atoms with Gasteiger partial charge in [0.2, 0.25) is 0 Å². The van der Waals surface area contributed by atoms with Gasteiger partial charge in [-0.2, -0.15) is 5.10 Å². The number of H-pyrrole nitrogens is 1. The number of unbranched alkanes of at least 4 members (excludes halogenated alkanes) is 4. The van der Waals surface area contributed by atoms with E-state index in [1.165, 1.54) is 32.1 Å². The van der Waals surface area contributed by atoms with Crippen molar-refractivity contribution in [2.75, 3.05) is 19.8 Å². The van der Waals surface area contributed by atoms with E-state index in [-0.39, 0.29) is 12.6 Å². The molecule has 1 aromatic rings. The summed E-state index contributed by atoms with van der Waals surface area (Å²) in [4.78, 5) is 11.4. The van der Waals surface area contributed by atoms with Gasteiger partial charge < -0.3 is 9.47 Å². The van der Waals surface area contributed by atoms with Gasteiger partial charge in [0.15, 0.2) is 0 Å². The van der Waals surface area contributed by atoms with Crippen LogP contribution in [0.1, 0.15) is 79.1 Å². The number of aromatic amines is 1. The number of rotatable bonds is 14. The van der Waals surface area contributed by atoms with Crippen LogP contribution in [0.15, 0.2) is 18.5 Å². The summed E-state index contributed by atoms with van der Waals surface area (Å²) in [6, 6.07) is 1.83. The van der Waals surface area contributed by atoms with Crippen LogP contribution < -0.4 is 0 Å². The van der Waals surface area contributed by atoms with Crippen LogP contribution in [0.2, 0.25) is 0 Å². The molecule has 0 aliphatic carbocycles. The van der Waals surface area contributed by atoms with Gasteiger partial charge in [0.25, 0.3) is 0 Å². The van der Waals surface area contributed by atoms with Crippen molar-refractivity contribution < 1.29 is 14.3 Å². The van der Waals surface area contributed by atoms with Gasteiger partial charge in [0, 0.05) is 19.0 Å². The topological polar surface area (TPSA) is 64.2 Å². The molecule has 1 rings (SSSR count). The number of hydrogen-bond acceptors (Lipinski definition) is 4. The van der Waals surface area contributed by atoms with Crippen molar-refractivity contribution in [3.63, 3.8) is 0 Å². The highest BCUT2D eigenvalue weighted by Crippen LogP contribution is 2.09. The molecule has 5 nitrogen and oxygen atoms in total. The highest BCUT2D eigenvalue weighted by Gasteiger charge is 2.03. The second-order valence-electron chi connectivity index (χ2n) is 7.53. The van der Waals surface area contributed by atoms with Crippen molar-refractivity contribution in [1.82, 2.24) is 10.2 Å². The Hall–Kier alpha value is -1.36. The van der Waals surface area contributed by atoms with Gasteiger partial charge in [-0.3, -0.25) is 5.10 Å². The van der Waals surface area contributed by atoms with Gasteiger partial charge in [-0.25, -0.2) is 4.79 Å². The van der Waals surface area contributed by atoms with Crippen LogP contribution in [0.3, 0.4) is 0 Å². The van der Waals surface area contributed by atoms with Crippen LogP contribution >= 0.6 is 0 Å². The first-order valence-corrected chi connectivity index (χ1v) is 10.2. The van der Waals surface area contributed by atoms with Crippen molar-refractivity contribution in [3.8, 4) is 0 Å². The summed E-state index contributed by atoms with van der Waals surface area (Å²) in [6.07, 6.45) is 12.8. The highest BCUT2D eigenvalue weighted by atomic mass is 16.6. The molecule has 5 heteroatoms. The third-order valence-electron chi connectivity index (χ3n) is 3.88. The van der Waals surface area contributed by atoms with Crippen LogP contribution in [0.5, 0.6) is 0 Å². The maximum Gasteiger partial charge on any atom is 0.332 e. The van der Waals surface area contributed by atoms with Crippen LogP contribution in [0.4, 0.5) is 0 Å². The first-order chi connectivity index (χ1) is 12.5. The Morgan fingerprint density at radius 2 is 1.54 bits per heavy atom. The second-order valence-corrected chi connectivity index (χ2v) is 7.53. The molecule has 0 atom stereocenters. The van der Waals surface area contributed by atoms with E-state index in [4.69, 9.17) is 9.47 Å². The number of ether oxygens (including phenoxy) is 2. The van der Waals surface area contributed by atoms with E-state index < -0.39 is 0 Å². The summed E-state index contributed by atoms with van der Waals surface area (Å²) >= 11 is 0.